The third-order valence-corrected chi connectivity index (χ3v) is 2.64. The maximum Gasteiger partial charge on any atom is 0.222 e. The lowest BCUT2D eigenvalue weighted by atomic mass is 9.92. The summed E-state index contributed by atoms with van der Waals surface area (Å²) >= 11 is 0. The highest BCUT2D eigenvalue weighted by Gasteiger charge is 2.26. The van der Waals surface area contributed by atoms with E-state index in [1.54, 1.807) is 0 Å². The Morgan fingerprint density at radius 1 is 1.50 bits per heavy atom. The van der Waals surface area contributed by atoms with E-state index in [4.69, 9.17) is 0 Å². The van der Waals surface area contributed by atoms with Crippen molar-refractivity contribution in [1.29, 1.82) is 0 Å². The molecule has 1 rings (SSSR count). The van der Waals surface area contributed by atoms with Gasteiger partial charge in [-0.05, 0) is 19.3 Å². The quantitative estimate of drug-likeness (QED) is 0.497. The molecule has 0 aromatic rings. The Bertz CT molecular complexity index is 144. The Kier molecular flexibility index (Phi) is 1.97. The third kappa shape index (κ3) is 1.15. The van der Waals surface area contributed by atoms with E-state index in [0.717, 1.165) is 12.8 Å². The summed E-state index contributed by atoms with van der Waals surface area (Å²) in [5.74, 6) is 0.966. The molecule has 2 nitrogen and oxygen atoms in total. The van der Waals surface area contributed by atoms with Gasteiger partial charge in [-0.15, -0.1) is 0 Å². The minimum Gasteiger partial charge on any atom is -0.343 e. The number of nitrogens with zero attached hydrogens (tertiary/aromatic N) is 1. The molecular weight excluding hydrogens is 126 g/mol. The molecule has 0 aliphatic carbocycles. The fourth-order valence-electron chi connectivity index (χ4n) is 1.38. The fraction of sp³-hybridized carbons (Fsp3) is 0.875. The molecule has 0 aromatic heterocycles. The molecule has 0 N–H and O–H groups in total. The zero-order chi connectivity index (χ0) is 7.72. The van der Waals surface area contributed by atoms with E-state index in [2.05, 4.69) is 13.8 Å². The van der Waals surface area contributed by atoms with E-state index in [1.807, 2.05) is 11.9 Å². The second-order valence-corrected chi connectivity index (χ2v) is 3.26. The fourth-order valence-corrected chi connectivity index (χ4v) is 1.38. The number of carbonyl (C=O) groups is 1. The molecule has 1 aliphatic heterocycles. The summed E-state index contributed by atoms with van der Waals surface area (Å²) in [6.45, 7) is 4.31. The standard InChI is InChI=1S/C8H15NO/c1-6-4-5-8(10)9(3)7(6)2/h6-7H,4-5H2,1-3H3/t6-,7+/m0/s1. The summed E-state index contributed by atoms with van der Waals surface area (Å²) in [6.07, 6.45) is 1.80. The van der Waals surface area contributed by atoms with Crippen molar-refractivity contribution in [3.63, 3.8) is 0 Å². The average molecular weight is 141 g/mol. The highest BCUT2D eigenvalue weighted by Crippen LogP contribution is 2.21. The maximum absolute atomic E-state index is 11.1. The van der Waals surface area contributed by atoms with Crippen molar-refractivity contribution in [3.8, 4) is 0 Å². The number of carbonyl (C=O) groups excluding carboxylic acids is 1. The lowest BCUT2D eigenvalue weighted by molar-refractivity contribution is -0.135. The third-order valence-electron chi connectivity index (χ3n) is 2.64. The molecule has 0 saturated carbocycles. The summed E-state index contributed by atoms with van der Waals surface area (Å²) < 4.78 is 0. The minimum atomic E-state index is 0.297. The van der Waals surface area contributed by atoms with Crippen LogP contribution in [0.4, 0.5) is 0 Å². The Morgan fingerprint density at radius 3 is 2.60 bits per heavy atom. The van der Waals surface area contributed by atoms with Crippen LogP contribution in [0.2, 0.25) is 0 Å². The van der Waals surface area contributed by atoms with E-state index in [0.29, 0.717) is 17.9 Å². The predicted molar refractivity (Wildman–Crippen MR) is 40.6 cm³/mol. The molecule has 1 heterocycles. The van der Waals surface area contributed by atoms with Crippen LogP contribution in [0.1, 0.15) is 26.7 Å². The predicted octanol–water partition coefficient (Wildman–Crippen LogP) is 1.26. The van der Waals surface area contributed by atoms with Crippen LogP contribution in [0.15, 0.2) is 0 Å². The number of rotatable bonds is 0. The van der Waals surface area contributed by atoms with E-state index in [9.17, 15) is 4.79 Å². The molecule has 2 atom stereocenters. The molecular formula is C8H15NO. The molecule has 1 saturated heterocycles. The molecule has 0 spiro atoms. The van der Waals surface area contributed by atoms with Gasteiger partial charge in [0.1, 0.15) is 0 Å². The minimum absolute atomic E-state index is 0.297. The first-order valence-corrected chi connectivity index (χ1v) is 3.88. The first kappa shape index (κ1) is 7.58. The van der Waals surface area contributed by atoms with Gasteiger partial charge in [-0.3, -0.25) is 4.79 Å². The molecule has 1 aliphatic rings. The van der Waals surface area contributed by atoms with Crippen LogP contribution >= 0.6 is 0 Å². The average Bonchev–Trinajstić information content (AvgIpc) is 1.93. The van der Waals surface area contributed by atoms with E-state index < -0.39 is 0 Å². The highest BCUT2D eigenvalue weighted by atomic mass is 16.2. The monoisotopic (exact) mass is 141 g/mol. The normalized spacial score (nSPS) is 34.7. The van der Waals surface area contributed by atoms with Crippen LogP contribution in [-0.4, -0.2) is 23.9 Å². The van der Waals surface area contributed by atoms with Gasteiger partial charge in [0.2, 0.25) is 5.91 Å². The van der Waals surface area contributed by atoms with Crippen molar-refractivity contribution in [1.82, 2.24) is 4.90 Å². The number of hydrogen-bond donors (Lipinski definition) is 0. The van der Waals surface area contributed by atoms with Gasteiger partial charge in [-0.25, -0.2) is 0 Å². The van der Waals surface area contributed by atoms with Crippen LogP contribution in [0, 0.1) is 5.92 Å². The van der Waals surface area contributed by atoms with Crippen LogP contribution in [0.5, 0.6) is 0 Å². The van der Waals surface area contributed by atoms with Crippen LogP contribution < -0.4 is 0 Å². The van der Waals surface area contributed by atoms with Crippen molar-refractivity contribution in [3.05, 3.63) is 0 Å². The smallest absolute Gasteiger partial charge is 0.222 e. The Balaban J connectivity index is 2.60. The topological polar surface area (TPSA) is 20.3 Å². The van der Waals surface area contributed by atoms with Crippen molar-refractivity contribution in [2.24, 2.45) is 5.92 Å². The van der Waals surface area contributed by atoms with Crippen LogP contribution in [0.25, 0.3) is 0 Å². The Morgan fingerprint density at radius 2 is 2.10 bits per heavy atom. The summed E-state index contributed by atoms with van der Waals surface area (Å²) in [7, 11) is 1.89. The van der Waals surface area contributed by atoms with E-state index in [-0.39, 0.29) is 0 Å². The summed E-state index contributed by atoms with van der Waals surface area (Å²) in [5, 5.41) is 0. The summed E-state index contributed by atoms with van der Waals surface area (Å²) in [4.78, 5) is 12.9. The van der Waals surface area contributed by atoms with Crippen molar-refractivity contribution >= 4 is 5.91 Å². The molecule has 0 bridgehead atoms. The molecule has 58 valence electrons. The number of likely N-dealkylation sites (tertiary alicyclic amines) is 1. The van der Waals surface area contributed by atoms with Gasteiger partial charge in [0.05, 0.1) is 0 Å². The summed E-state index contributed by atoms with van der Waals surface area (Å²) in [5.41, 5.74) is 0. The lowest BCUT2D eigenvalue weighted by Crippen LogP contribution is -2.43. The highest BCUT2D eigenvalue weighted by molar-refractivity contribution is 5.77. The number of piperidine rings is 1. The lowest BCUT2D eigenvalue weighted by Gasteiger charge is -2.34. The molecule has 0 aromatic carbocycles. The van der Waals surface area contributed by atoms with Gasteiger partial charge in [-0.2, -0.15) is 0 Å². The second kappa shape index (κ2) is 2.60. The molecule has 0 unspecified atom stereocenters. The maximum atomic E-state index is 11.1. The first-order valence-electron chi connectivity index (χ1n) is 3.88. The molecule has 1 fully saturated rings. The van der Waals surface area contributed by atoms with Gasteiger partial charge < -0.3 is 4.90 Å². The zero-order valence-corrected chi connectivity index (χ0v) is 6.92. The van der Waals surface area contributed by atoms with Crippen LogP contribution in [0.3, 0.4) is 0 Å². The van der Waals surface area contributed by atoms with Crippen molar-refractivity contribution < 1.29 is 4.79 Å². The van der Waals surface area contributed by atoms with Crippen molar-refractivity contribution in [2.45, 2.75) is 32.7 Å². The van der Waals surface area contributed by atoms with Gasteiger partial charge in [0, 0.05) is 19.5 Å². The van der Waals surface area contributed by atoms with Crippen molar-refractivity contribution in [2.75, 3.05) is 7.05 Å². The van der Waals surface area contributed by atoms with E-state index in [1.165, 1.54) is 0 Å². The van der Waals surface area contributed by atoms with Gasteiger partial charge >= 0.3 is 0 Å². The number of amides is 1. The molecule has 2 heteroatoms. The Hall–Kier alpha value is -0.530. The van der Waals surface area contributed by atoms with Gasteiger partial charge in [-0.1, -0.05) is 6.92 Å². The SMILES string of the molecule is C[C@@H]1[C@@H](C)CCC(=O)N1C. The van der Waals surface area contributed by atoms with E-state index >= 15 is 0 Å². The summed E-state index contributed by atoms with van der Waals surface area (Å²) in [6, 6.07) is 0.432. The molecule has 0 radical (unpaired) electrons. The number of hydrogen-bond acceptors (Lipinski definition) is 1. The molecule has 1 amide bonds. The Labute approximate surface area is 62.2 Å². The van der Waals surface area contributed by atoms with Gasteiger partial charge in [0.25, 0.3) is 0 Å². The van der Waals surface area contributed by atoms with Gasteiger partial charge in [0.15, 0.2) is 0 Å². The zero-order valence-electron chi connectivity index (χ0n) is 6.92. The first-order chi connectivity index (χ1) is 4.63. The molecule has 10 heavy (non-hydrogen) atoms. The van der Waals surface area contributed by atoms with Crippen LogP contribution in [-0.2, 0) is 4.79 Å². The largest absolute Gasteiger partial charge is 0.343 e. The second-order valence-electron chi connectivity index (χ2n) is 3.26.